The van der Waals surface area contributed by atoms with Crippen molar-refractivity contribution in [1.29, 1.82) is 0 Å². The van der Waals surface area contributed by atoms with E-state index in [1.165, 1.54) is 13.0 Å². The number of hydrogen-bond acceptors (Lipinski definition) is 5. The van der Waals surface area contributed by atoms with Crippen molar-refractivity contribution in [3.8, 4) is 0 Å². The quantitative estimate of drug-likeness (QED) is 0.643. The highest BCUT2D eigenvalue weighted by atomic mass is 32.2. The van der Waals surface area contributed by atoms with E-state index in [2.05, 4.69) is 4.72 Å². The van der Waals surface area contributed by atoms with Crippen LogP contribution in [0.4, 0.5) is 10.1 Å². The summed E-state index contributed by atoms with van der Waals surface area (Å²) in [6.45, 7) is 1.53. The first-order valence-electron chi connectivity index (χ1n) is 5.95. The highest BCUT2D eigenvalue weighted by Gasteiger charge is 2.26. The van der Waals surface area contributed by atoms with Crippen molar-refractivity contribution in [3.63, 3.8) is 0 Å². The molecule has 1 aromatic rings. The minimum atomic E-state index is -4.04. The van der Waals surface area contributed by atoms with Crippen molar-refractivity contribution in [3.05, 3.63) is 24.0 Å². The Kier molecular flexibility index (Phi) is 5.09. The van der Waals surface area contributed by atoms with Gasteiger partial charge in [0.15, 0.2) is 0 Å². The maximum Gasteiger partial charge on any atom is 0.243 e. The van der Waals surface area contributed by atoms with Crippen LogP contribution in [0.15, 0.2) is 23.1 Å². The number of nitrogen functional groups attached to an aromatic ring is 1. The molecule has 0 saturated carbocycles. The second kappa shape index (κ2) is 6.04. The van der Waals surface area contributed by atoms with Crippen LogP contribution in [0.2, 0.25) is 0 Å². The van der Waals surface area contributed by atoms with Gasteiger partial charge in [0, 0.05) is 18.8 Å². The monoisotopic (exact) mass is 305 g/mol. The molecular weight excluding hydrogens is 285 g/mol. The van der Waals surface area contributed by atoms with E-state index in [-0.39, 0.29) is 18.8 Å². The van der Waals surface area contributed by atoms with Gasteiger partial charge < -0.3 is 15.7 Å². The molecule has 0 radical (unpaired) electrons. The molecule has 20 heavy (non-hydrogen) atoms. The Bertz CT molecular complexity index is 573. The summed E-state index contributed by atoms with van der Waals surface area (Å²) in [5, 5.41) is 10.0. The first-order valence-corrected chi connectivity index (χ1v) is 7.44. The molecule has 1 unspecified atom stereocenters. The van der Waals surface area contributed by atoms with Gasteiger partial charge in [-0.15, -0.1) is 0 Å². The van der Waals surface area contributed by atoms with Crippen LogP contribution in [0.25, 0.3) is 0 Å². The molecule has 8 heteroatoms. The van der Waals surface area contributed by atoms with Gasteiger partial charge in [-0.3, -0.25) is 0 Å². The highest BCUT2D eigenvalue weighted by Crippen LogP contribution is 2.17. The number of rotatable bonds is 6. The number of sulfonamides is 1. The van der Waals surface area contributed by atoms with Crippen molar-refractivity contribution in [1.82, 2.24) is 9.62 Å². The van der Waals surface area contributed by atoms with E-state index in [0.29, 0.717) is 0 Å². The fraction of sp³-hybridized carbons (Fsp3) is 0.500. The van der Waals surface area contributed by atoms with Crippen molar-refractivity contribution < 1.29 is 17.9 Å². The zero-order valence-corrected chi connectivity index (χ0v) is 12.5. The Labute approximate surface area is 118 Å². The summed E-state index contributed by atoms with van der Waals surface area (Å²) in [4.78, 5) is 1.23. The third kappa shape index (κ3) is 4.71. The molecule has 1 atom stereocenters. The van der Waals surface area contributed by atoms with Gasteiger partial charge in [-0.05, 0) is 39.2 Å². The Balaban J connectivity index is 2.85. The number of benzene rings is 1. The first kappa shape index (κ1) is 16.8. The fourth-order valence-corrected chi connectivity index (χ4v) is 3.02. The van der Waals surface area contributed by atoms with E-state index in [0.717, 1.165) is 12.1 Å². The zero-order chi connectivity index (χ0) is 15.6. The zero-order valence-electron chi connectivity index (χ0n) is 11.7. The minimum Gasteiger partial charge on any atom is -0.399 e. The smallest absolute Gasteiger partial charge is 0.243 e. The number of nitrogens with two attached hydrogens (primary N) is 1. The Morgan fingerprint density at radius 1 is 1.45 bits per heavy atom. The highest BCUT2D eigenvalue weighted by molar-refractivity contribution is 7.89. The molecular formula is C12H20FN3O3S. The molecule has 0 aliphatic carbocycles. The molecule has 0 bridgehead atoms. The normalized spacial score (nSPS) is 15.3. The SMILES string of the molecule is CN(C)CC(C)(O)CNS(=O)(=O)c1ccc(N)cc1F. The summed E-state index contributed by atoms with van der Waals surface area (Å²) in [5.74, 6) is -0.926. The Morgan fingerprint density at radius 3 is 2.55 bits per heavy atom. The topological polar surface area (TPSA) is 95.7 Å². The average molecular weight is 305 g/mol. The van der Waals surface area contributed by atoms with Gasteiger partial charge in [0.05, 0.1) is 5.60 Å². The number of anilines is 1. The van der Waals surface area contributed by atoms with Gasteiger partial charge in [-0.2, -0.15) is 0 Å². The van der Waals surface area contributed by atoms with Crippen LogP contribution in [0.3, 0.4) is 0 Å². The molecule has 0 amide bonds. The number of nitrogens with zero attached hydrogens (tertiary/aromatic N) is 1. The van der Waals surface area contributed by atoms with E-state index in [9.17, 15) is 17.9 Å². The number of halogens is 1. The van der Waals surface area contributed by atoms with Crippen LogP contribution in [0, 0.1) is 5.82 Å². The van der Waals surface area contributed by atoms with Crippen molar-refractivity contribution in [2.24, 2.45) is 0 Å². The van der Waals surface area contributed by atoms with Crippen LogP contribution in [-0.4, -0.2) is 51.2 Å². The van der Waals surface area contributed by atoms with Crippen LogP contribution in [0.5, 0.6) is 0 Å². The molecule has 0 fully saturated rings. The van der Waals surface area contributed by atoms with Crippen LogP contribution in [0.1, 0.15) is 6.92 Å². The first-order chi connectivity index (χ1) is 9.03. The van der Waals surface area contributed by atoms with Crippen LogP contribution < -0.4 is 10.5 Å². The summed E-state index contributed by atoms with van der Waals surface area (Å²) in [7, 11) is -0.531. The van der Waals surface area contributed by atoms with Crippen LogP contribution in [-0.2, 0) is 10.0 Å². The predicted molar refractivity (Wildman–Crippen MR) is 75.2 cm³/mol. The van der Waals surface area contributed by atoms with Gasteiger partial charge in [-0.1, -0.05) is 0 Å². The molecule has 0 spiro atoms. The molecule has 0 saturated heterocycles. The largest absolute Gasteiger partial charge is 0.399 e. The second-order valence-electron chi connectivity index (χ2n) is 5.25. The maximum absolute atomic E-state index is 13.6. The maximum atomic E-state index is 13.6. The molecule has 1 rings (SSSR count). The number of aliphatic hydroxyl groups is 1. The number of nitrogens with one attached hydrogen (secondary N) is 1. The second-order valence-corrected chi connectivity index (χ2v) is 6.98. The van der Waals surface area contributed by atoms with Gasteiger partial charge in [-0.25, -0.2) is 17.5 Å². The standard InChI is InChI=1S/C12H20FN3O3S/c1-12(17,8-16(2)3)7-15-20(18,19)11-5-4-9(14)6-10(11)13/h4-6,15,17H,7-8,14H2,1-3H3. The lowest BCUT2D eigenvalue weighted by atomic mass is 10.1. The molecule has 114 valence electrons. The Hall–Kier alpha value is -1.22. The van der Waals surface area contributed by atoms with Gasteiger partial charge in [0.2, 0.25) is 10.0 Å². The van der Waals surface area contributed by atoms with Gasteiger partial charge in [0.1, 0.15) is 10.7 Å². The molecule has 0 heterocycles. The molecule has 6 nitrogen and oxygen atoms in total. The van der Waals surface area contributed by atoms with E-state index in [1.54, 1.807) is 19.0 Å². The number of likely N-dealkylation sites (N-methyl/N-ethyl adjacent to an activating group) is 1. The fourth-order valence-electron chi connectivity index (χ4n) is 1.80. The van der Waals surface area contributed by atoms with E-state index < -0.39 is 26.3 Å². The third-order valence-electron chi connectivity index (χ3n) is 2.55. The molecule has 0 aliphatic heterocycles. The lowest BCUT2D eigenvalue weighted by molar-refractivity contribution is 0.0386. The number of hydrogen-bond donors (Lipinski definition) is 3. The molecule has 1 aromatic carbocycles. The van der Waals surface area contributed by atoms with Crippen LogP contribution >= 0.6 is 0 Å². The molecule has 4 N–H and O–H groups in total. The third-order valence-corrected chi connectivity index (χ3v) is 3.98. The lowest BCUT2D eigenvalue weighted by Crippen LogP contribution is -2.47. The minimum absolute atomic E-state index is 0.140. The lowest BCUT2D eigenvalue weighted by Gasteiger charge is -2.27. The summed E-state index contributed by atoms with van der Waals surface area (Å²) in [5.41, 5.74) is 4.24. The van der Waals surface area contributed by atoms with Crippen molar-refractivity contribution >= 4 is 15.7 Å². The summed E-state index contributed by atoms with van der Waals surface area (Å²) in [6.07, 6.45) is 0. The van der Waals surface area contributed by atoms with Gasteiger partial charge >= 0.3 is 0 Å². The van der Waals surface area contributed by atoms with E-state index in [1.807, 2.05) is 0 Å². The summed E-state index contributed by atoms with van der Waals surface area (Å²) >= 11 is 0. The van der Waals surface area contributed by atoms with Crippen molar-refractivity contribution in [2.75, 3.05) is 32.9 Å². The molecule has 0 aromatic heterocycles. The Morgan fingerprint density at radius 2 is 2.05 bits per heavy atom. The summed E-state index contributed by atoms with van der Waals surface area (Å²) in [6, 6.07) is 3.33. The summed E-state index contributed by atoms with van der Waals surface area (Å²) < 4.78 is 39.8. The predicted octanol–water partition coefficient (Wildman–Crippen LogP) is -0.00120. The van der Waals surface area contributed by atoms with E-state index >= 15 is 0 Å². The van der Waals surface area contributed by atoms with Crippen molar-refractivity contribution in [2.45, 2.75) is 17.4 Å². The van der Waals surface area contributed by atoms with E-state index in [4.69, 9.17) is 5.73 Å². The molecule has 0 aliphatic rings. The average Bonchev–Trinajstić information content (AvgIpc) is 2.24. The van der Waals surface area contributed by atoms with Gasteiger partial charge in [0.25, 0.3) is 0 Å².